The van der Waals surface area contributed by atoms with Crippen molar-refractivity contribution in [1.82, 2.24) is 4.90 Å². The minimum atomic E-state index is -0.935. The monoisotopic (exact) mass is 212 g/mol. The molecular formula is C10H20N2OSi. The topological polar surface area (TPSA) is 24.8 Å². The van der Waals surface area contributed by atoms with Gasteiger partial charge < -0.3 is 9.64 Å². The van der Waals surface area contributed by atoms with Crippen molar-refractivity contribution in [3.05, 3.63) is 12.3 Å². The van der Waals surface area contributed by atoms with Gasteiger partial charge in [-0.15, -0.1) is 0 Å². The summed E-state index contributed by atoms with van der Waals surface area (Å²) in [7, 11) is -0.935. The molecule has 0 unspecified atom stereocenters. The Bertz CT molecular complexity index is 221. The molecule has 80 valence electrons. The highest BCUT2D eigenvalue weighted by Crippen LogP contribution is 2.07. The van der Waals surface area contributed by atoms with E-state index in [0.29, 0.717) is 6.73 Å². The van der Waals surface area contributed by atoms with Crippen LogP contribution in [0.25, 0.3) is 0 Å². The largest absolute Gasteiger partial charge is 0.361 e. The third kappa shape index (κ3) is 5.19. The number of hydrogen-bond acceptors (Lipinski definition) is 3. The van der Waals surface area contributed by atoms with Crippen molar-refractivity contribution in [2.75, 3.05) is 20.0 Å². The van der Waals surface area contributed by atoms with Crippen LogP contribution in [0.3, 0.4) is 0 Å². The third-order valence-corrected chi connectivity index (χ3v) is 3.71. The minimum absolute atomic E-state index is 0.665. The van der Waals surface area contributed by atoms with Gasteiger partial charge in [-0.05, 0) is 12.1 Å². The summed E-state index contributed by atoms with van der Waals surface area (Å²) in [5.41, 5.74) is 0. The van der Waals surface area contributed by atoms with Gasteiger partial charge in [0.2, 0.25) is 0 Å². The second-order valence-corrected chi connectivity index (χ2v) is 10.4. The molecule has 0 N–H and O–H groups in total. The molecule has 0 saturated carbocycles. The van der Waals surface area contributed by atoms with E-state index >= 15 is 0 Å². The van der Waals surface area contributed by atoms with E-state index in [0.717, 1.165) is 13.3 Å². The molecule has 0 aromatic carbocycles. The van der Waals surface area contributed by atoms with Gasteiger partial charge in [0.1, 0.15) is 13.4 Å². The summed E-state index contributed by atoms with van der Waals surface area (Å²) in [6, 6.07) is 1.23. The summed E-state index contributed by atoms with van der Waals surface area (Å²) in [4.78, 5) is 6.19. The maximum absolute atomic E-state index is 5.58. The molecule has 0 atom stereocenters. The number of allylic oxidation sites excluding steroid dienone is 1. The van der Waals surface area contributed by atoms with E-state index in [1.54, 1.807) is 0 Å². The second kappa shape index (κ2) is 5.31. The Labute approximate surface area is 87.5 Å². The molecule has 0 saturated heterocycles. The van der Waals surface area contributed by atoms with Crippen molar-refractivity contribution in [2.45, 2.75) is 25.7 Å². The molecule has 1 heterocycles. The first-order chi connectivity index (χ1) is 6.58. The Morgan fingerprint density at radius 1 is 1.43 bits per heavy atom. The van der Waals surface area contributed by atoms with Crippen molar-refractivity contribution in [2.24, 2.45) is 4.99 Å². The fourth-order valence-electron chi connectivity index (χ4n) is 1.06. The van der Waals surface area contributed by atoms with Crippen LogP contribution >= 0.6 is 0 Å². The zero-order valence-corrected chi connectivity index (χ0v) is 10.4. The maximum atomic E-state index is 5.58. The third-order valence-electron chi connectivity index (χ3n) is 2.01. The van der Waals surface area contributed by atoms with Crippen molar-refractivity contribution in [3.63, 3.8) is 0 Å². The fourth-order valence-corrected chi connectivity index (χ4v) is 1.82. The van der Waals surface area contributed by atoms with Crippen molar-refractivity contribution in [1.29, 1.82) is 0 Å². The molecule has 0 fully saturated rings. The standard InChI is InChI=1S/C10H20N2OSi/c1-14(2,3)8-7-13-10-12-6-4-5-11-9-12/h4-6H,7-10H2,1-3H3. The number of aliphatic imine (C=N–C) groups is 1. The van der Waals surface area contributed by atoms with Gasteiger partial charge in [0, 0.05) is 27.1 Å². The lowest BCUT2D eigenvalue weighted by molar-refractivity contribution is 0.0632. The van der Waals surface area contributed by atoms with Crippen LogP contribution in [0, 0.1) is 0 Å². The van der Waals surface area contributed by atoms with Crippen molar-refractivity contribution >= 4 is 14.3 Å². The second-order valence-electron chi connectivity index (χ2n) is 4.75. The molecule has 4 heteroatoms. The van der Waals surface area contributed by atoms with Gasteiger partial charge in [0.25, 0.3) is 0 Å². The predicted molar refractivity (Wildman–Crippen MR) is 63.3 cm³/mol. The van der Waals surface area contributed by atoms with Crippen molar-refractivity contribution in [3.8, 4) is 0 Å². The summed E-state index contributed by atoms with van der Waals surface area (Å²) >= 11 is 0. The van der Waals surface area contributed by atoms with E-state index in [1.165, 1.54) is 6.04 Å². The van der Waals surface area contributed by atoms with Gasteiger partial charge in [-0.25, -0.2) is 0 Å². The Kier molecular flexibility index (Phi) is 4.35. The molecule has 0 amide bonds. The van der Waals surface area contributed by atoms with E-state index in [-0.39, 0.29) is 0 Å². The zero-order valence-electron chi connectivity index (χ0n) is 9.36. The fraction of sp³-hybridized carbons (Fsp3) is 0.700. The molecule has 14 heavy (non-hydrogen) atoms. The van der Waals surface area contributed by atoms with Gasteiger partial charge >= 0.3 is 0 Å². The van der Waals surface area contributed by atoms with E-state index in [9.17, 15) is 0 Å². The summed E-state index contributed by atoms with van der Waals surface area (Å²) in [6.07, 6.45) is 5.77. The summed E-state index contributed by atoms with van der Waals surface area (Å²) in [6.45, 7) is 9.36. The van der Waals surface area contributed by atoms with Crippen LogP contribution in [0.5, 0.6) is 0 Å². The minimum Gasteiger partial charge on any atom is -0.361 e. The van der Waals surface area contributed by atoms with Gasteiger partial charge in [0.15, 0.2) is 0 Å². The molecule has 0 aliphatic carbocycles. The van der Waals surface area contributed by atoms with Gasteiger partial charge in [-0.2, -0.15) is 0 Å². The zero-order chi connectivity index (χ0) is 10.4. The molecule has 1 rings (SSSR count). The normalized spacial score (nSPS) is 16.4. The molecule has 3 nitrogen and oxygen atoms in total. The molecule has 0 spiro atoms. The van der Waals surface area contributed by atoms with E-state index in [1.807, 2.05) is 18.5 Å². The maximum Gasteiger partial charge on any atom is 0.119 e. The van der Waals surface area contributed by atoms with Gasteiger partial charge in [-0.3, -0.25) is 4.99 Å². The molecule has 0 aromatic heterocycles. The van der Waals surface area contributed by atoms with Crippen LogP contribution in [0.1, 0.15) is 0 Å². The molecule has 0 radical (unpaired) electrons. The van der Waals surface area contributed by atoms with Crippen LogP contribution in [0.2, 0.25) is 25.7 Å². The average Bonchev–Trinajstić information content (AvgIpc) is 2.13. The highest BCUT2D eigenvalue weighted by molar-refractivity contribution is 6.76. The van der Waals surface area contributed by atoms with Gasteiger partial charge in [0.05, 0.1) is 0 Å². The first-order valence-electron chi connectivity index (χ1n) is 5.06. The Morgan fingerprint density at radius 3 is 2.79 bits per heavy atom. The Morgan fingerprint density at radius 2 is 2.21 bits per heavy atom. The summed E-state index contributed by atoms with van der Waals surface area (Å²) < 4.78 is 5.58. The highest BCUT2D eigenvalue weighted by atomic mass is 28.3. The van der Waals surface area contributed by atoms with Crippen LogP contribution in [0.15, 0.2) is 17.3 Å². The van der Waals surface area contributed by atoms with Crippen LogP contribution in [-0.4, -0.2) is 39.2 Å². The lowest BCUT2D eigenvalue weighted by Crippen LogP contribution is -2.26. The number of hydrogen-bond donors (Lipinski definition) is 0. The van der Waals surface area contributed by atoms with E-state index in [4.69, 9.17) is 4.74 Å². The summed E-state index contributed by atoms with van der Waals surface area (Å²) in [5.74, 6) is 0. The highest BCUT2D eigenvalue weighted by Gasteiger charge is 2.12. The summed E-state index contributed by atoms with van der Waals surface area (Å²) in [5, 5.41) is 0. The Balaban J connectivity index is 2.04. The first-order valence-corrected chi connectivity index (χ1v) is 8.77. The number of rotatable bonds is 5. The lowest BCUT2D eigenvalue weighted by Gasteiger charge is -2.21. The molecule has 0 aromatic rings. The molecule has 1 aliphatic rings. The Hall–Kier alpha value is -0.613. The molecular weight excluding hydrogens is 192 g/mol. The van der Waals surface area contributed by atoms with Gasteiger partial charge in [-0.1, -0.05) is 19.6 Å². The average molecular weight is 212 g/mol. The quantitative estimate of drug-likeness (QED) is 0.515. The van der Waals surface area contributed by atoms with E-state index < -0.39 is 8.07 Å². The number of ether oxygens (including phenoxy) is 1. The smallest absolute Gasteiger partial charge is 0.119 e. The lowest BCUT2D eigenvalue weighted by atomic mass is 10.5. The predicted octanol–water partition coefficient (Wildman–Crippen LogP) is 2.16. The van der Waals surface area contributed by atoms with Crippen LogP contribution in [0.4, 0.5) is 0 Å². The molecule has 0 bridgehead atoms. The SMILES string of the molecule is C[Si](C)(C)CCOCN1C=CC=NC1. The molecule has 1 aliphatic heterocycles. The van der Waals surface area contributed by atoms with Crippen LogP contribution < -0.4 is 0 Å². The first kappa shape index (κ1) is 11.5. The van der Waals surface area contributed by atoms with Crippen molar-refractivity contribution < 1.29 is 4.74 Å². The van der Waals surface area contributed by atoms with E-state index in [2.05, 4.69) is 29.5 Å². The van der Waals surface area contributed by atoms with Crippen LogP contribution in [-0.2, 0) is 4.74 Å². The number of nitrogens with zero attached hydrogens (tertiary/aromatic N) is 2.